The first kappa shape index (κ1) is 11.5. The van der Waals surface area contributed by atoms with Crippen molar-refractivity contribution in [2.24, 2.45) is 0 Å². The minimum absolute atomic E-state index is 0.645. The zero-order valence-corrected chi connectivity index (χ0v) is 10.7. The van der Waals surface area contributed by atoms with E-state index in [9.17, 15) is 0 Å². The summed E-state index contributed by atoms with van der Waals surface area (Å²) in [4.78, 5) is 17.6. The third kappa shape index (κ3) is 1.87. The molecule has 0 aliphatic rings. The van der Waals surface area contributed by atoms with Crippen molar-refractivity contribution >= 4 is 22.7 Å². The number of aromatic nitrogens is 4. The van der Waals surface area contributed by atoms with E-state index < -0.39 is 0 Å². The Kier molecular flexibility index (Phi) is 2.75. The number of H-pyrrole nitrogens is 1. The van der Waals surface area contributed by atoms with Gasteiger partial charge in [0, 0.05) is 7.05 Å². The summed E-state index contributed by atoms with van der Waals surface area (Å²) >= 11 is 0. The molecule has 1 aromatic carbocycles. The van der Waals surface area contributed by atoms with Crippen LogP contribution >= 0.6 is 0 Å². The van der Waals surface area contributed by atoms with Gasteiger partial charge < -0.3 is 14.6 Å². The molecule has 2 aromatic heterocycles. The van der Waals surface area contributed by atoms with E-state index in [1.165, 1.54) is 6.33 Å². The zero-order valence-electron chi connectivity index (χ0n) is 10.7. The molecule has 6 nitrogen and oxygen atoms in total. The van der Waals surface area contributed by atoms with Crippen molar-refractivity contribution < 1.29 is 4.74 Å². The number of methoxy groups -OCH3 is 1. The van der Waals surface area contributed by atoms with Crippen LogP contribution in [0.15, 0.2) is 36.9 Å². The normalized spacial score (nSPS) is 10.6. The van der Waals surface area contributed by atoms with Gasteiger partial charge in [-0.3, -0.25) is 0 Å². The fourth-order valence-corrected chi connectivity index (χ4v) is 2.03. The molecule has 0 aliphatic carbocycles. The first-order valence-electron chi connectivity index (χ1n) is 5.82. The molecule has 1 N–H and O–H groups in total. The van der Waals surface area contributed by atoms with E-state index in [0.717, 1.165) is 22.8 Å². The van der Waals surface area contributed by atoms with Crippen molar-refractivity contribution in [2.75, 3.05) is 19.1 Å². The van der Waals surface area contributed by atoms with E-state index in [0.29, 0.717) is 5.65 Å². The Balaban J connectivity index is 2.13. The van der Waals surface area contributed by atoms with Gasteiger partial charge in [0.25, 0.3) is 0 Å². The van der Waals surface area contributed by atoms with Crippen LogP contribution in [0, 0.1) is 0 Å². The van der Waals surface area contributed by atoms with Crippen LogP contribution in [0.3, 0.4) is 0 Å². The Hall–Kier alpha value is -2.63. The Morgan fingerprint density at radius 1 is 1.16 bits per heavy atom. The first-order valence-corrected chi connectivity index (χ1v) is 5.82. The van der Waals surface area contributed by atoms with E-state index in [1.54, 1.807) is 13.4 Å². The lowest BCUT2D eigenvalue weighted by Crippen LogP contribution is -2.13. The number of fused-ring (bicyclic) bond motifs is 1. The minimum Gasteiger partial charge on any atom is -0.495 e. The van der Waals surface area contributed by atoms with Crippen molar-refractivity contribution in [3.05, 3.63) is 36.9 Å². The molecule has 0 saturated carbocycles. The highest BCUT2D eigenvalue weighted by atomic mass is 16.5. The minimum atomic E-state index is 0.645. The van der Waals surface area contributed by atoms with Crippen molar-refractivity contribution in [3.63, 3.8) is 0 Å². The highest BCUT2D eigenvalue weighted by Crippen LogP contribution is 2.32. The molecule has 0 radical (unpaired) electrons. The summed E-state index contributed by atoms with van der Waals surface area (Å²) in [6, 6.07) is 7.78. The molecule has 3 aromatic rings. The molecule has 2 heterocycles. The summed E-state index contributed by atoms with van der Waals surface area (Å²) < 4.78 is 5.37. The van der Waals surface area contributed by atoms with Crippen LogP contribution in [0.4, 0.5) is 11.5 Å². The van der Waals surface area contributed by atoms with Crippen molar-refractivity contribution in [1.82, 2.24) is 19.9 Å². The zero-order chi connectivity index (χ0) is 13.2. The lowest BCUT2D eigenvalue weighted by molar-refractivity contribution is 0.415. The fraction of sp³-hybridized carbons (Fsp3) is 0.154. The number of hydrogen-bond acceptors (Lipinski definition) is 5. The molecule has 19 heavy (non-hydrogen) atoms. The van der Waals surface area contributed by atoms with Crippen LogP contribution in [0.2, 0.25) is 0 Å². The van der Waals surface area contributed by atoms with E-state index in [2.05, 4.69) is 19.9 Å². The van der Waals surface area contributed by atoms with Crippen LogP contribution in [0.5, 0.6) is 5.75 Å². The van der Waals surface area contributed by atoms with Crippen LogP contribution in [0.25, 0.3) is 11.2 Å². The molecule has 3 rings (SSSR count). The summed E-state index contributed by atoms with van der Waals surface area (Å²) in [5, 5.41) is 0. The number of imidazole rings is 1. The van der Waals surface area contributed by atoms with Crippen LogP contribution < -0.4 is 9.64 Å². The number of nitrogens with zero attached hydrogens (tertiary/aromatic N) is 4. The standard InChI is InChI=1S/C13H13N5O/c1-18(9-5-3-4-6-10(9)19-2)13-11-12(15-7-14-11)16-8-17-13/h3-8H,1-2H3,(H,14,15,16,17). The SMILES string of the molecule is COc1ccccc1N(C)c1ncnc2nc[nH]c12. The van der Waals surface area contributed by atoms with Gasteiger partial charge in [0.1, 0.15) is 17.6 Å². The Labute approximate surface area is 110 Å². The highest BCUT2D eigenvalue weighted by molar-refractivity contribution is 5.86. The number of hydrogen-bond donors (Lipinski definition) is 1. The average Bonchev–Trinajstić information content (AvgIpc) is 2.94. The van der Waals surface area contributed by atoms with E-state index in [4.69, 9.17) is 4.74 Å². The predicted molar refractivity (Wildman–Crippen MR) is 72.7 cm³/mol. The lowest BCUT2D eigenvalue weighted by Gasteiger charge is -2.20. The van der Waals surface area contributed by atoms with Gasteiger partial charge in [-0.1, -0.05) is 12.1 Å². The van der Waals surface area contributed by atoms with Gasteiger partial charge in [-0.25, -0.2) is 15.0 Å². The number of ether oxygens (including phenoxy) is 1. The van der Waals surface area contributed by atoms with Crippen LogP contribution in [0.1, 0.15) is 0 Å². The molecule has 0 amide bonds. The molecule has 0 unspecified atom stereocenters. The Morgan fingerprint density at radius 3 is 2.84 bits per heavy atom. The number of benzene rings is 1. The second kappa shape index (κ2) is 4.56. The summed E-state index contributed by atoms with van der Waals surface area (Å²) in [5.41, 5.74) is 2.38. The molecular formula is C13H13N5O. The molecule has 0 bridgehead atoms. The maximum absolute atomic E-state index is 5.37. The first-order chi connectivity index (χ1) is 9.31. The third-order valence-corrected chi connectivity index (χ3v) is 2.97. The molecular weight excluding hydrogens is 242 g/mol. The van der Waals surface area contributed by atoms with Gasteiger partial charge >= 0.3 is 0 Å². The molecule has 0 saturated heterocycles. The molecule has 6 heteroatoms. The smallest absolute Gasteiger partial charge is 0.182 e. The van der Waals surface area contributed by atoms with Gasteiger partial charge in [-0.2, -0.15) is 0 Å². The molecule has 0 aliphatic heterocycles. The van der Waals surface area contributed by atoms with Gasteiger partial charge in [0.05, 0.1) is 19.1 Å². The number of anilines is 2. The van der Waals surface area contributed by atoms with E-state index >= 15 is 0 Å². The number of para-hydroxylation sites is 2. The van der Waals surface area contributed by atoms with Gasteiger partial charge in [0.2, 0.25) is 0 Å². The van der Waals surface area contributed by atoms with Crippen molar-refractivity contribution in [3.8, 4) is 5.75 Å². The summed E-state index contributed by atoms with van der Waals surface area (Å²) in [6.45, 7) is 0. The maximum Gasteiger partial charge on any atom is 0.182 e. The molecule has 0 spiro atoms. The van der Waals surface area contributed by atoms with Gasteiger partial charge in [-0.15, -0.1) is 0 Å². The third-order valence-electron chi connectivity index (χ3n) is 2.97. The predicted octanol–water partition coefficient (Wildman–Crippen LogP) is 2.13. The lowest BCUT2D eigenvalue weighted by atomic mass is 10.2. The topological polar surface area (TPSA) is 66.9 Å². The molecule has 0 fully saturated rings. The Bertz CT molecular complexity index is 709. The monoisotopic (exact) mass is 255 g/mol. The average molecular weight is 255 g/mol. The van der Waals surface area contributed by atoms with Crippen molar-refractivity contribution in [2.45, 2.75) is 0 Å². The Morgan fingerprint density at radius 2 is 2.00 bits per heavy atom. The maximum atomic E-state index is 5.37. The van der Waals surface area contributed by atoms with Gasteiger partial charge in [-0.05, 0) is 12.1 Å². The summed E-state index contributed by atoms with van der Waals surface area (Å²) in [7, 11) is 3.58. The van der Waals surface area contributed by atoms with Gasteiger partial charge in [0.15, 0.2) is 11.5 Å². The molecule has 0 atom stereocenters. The van der Waals surface area contributed by atoms with E-state index in [1.807, 2.05) is 36.2 Å². The van der Waals surface area contributed by atoms with E-state index in [-0.39, 0.29) is 0 Å². The van der Waals surface area contributed by atoms with Crippen LogP contribution in [-0.2, 0) is 0 Å². The van der Waals surface area contributed by atoms with Crippen LogP contribution in [-0.4, -0.2) is 34.1 Å². The highest BCUT2D eigenvalue weighted by Gasteiger charge is 2.14. The largest absolute Gasteiger partial charge is 0.495 e. The number of nitrogens with one attached hydrogen (secondary N) is 1. The summed E-state index contributed by atoms with van der Waals surface area (Å²) in [6.07, 6.45) is 3.11. The van der Waals surface area contributed by atoms with Crippen molar-refractivity contribution in [1.29, 1.82) is 0 Å². The summed E-state index contributed by atoms with van der Waals surface area (Å²) in [5.74, 6) is 1.54. The number of rotatable bonds is 3. The second-order valence-electron chi connectivity index (χ2n) is 4.03. The number of aromatic amines is 1. The fourth-order valence-electron chi connectivity index (χ4n) is 2.03. The second-order valence-corrected chi connectivity index (χ2v) is 4.03. The molecule has 96 valence electrons. The quantitative estimate of drug-likeness (QED) is 0.776.